The lowest BCUT2D eigenvalue weighted by molar-refractivity contribution is -0.149. The van der Waals surface area contributed by atoms with Gasteiger partial charge in [0.15, 0.2) is 0 Å². The van der Waals surface area contributed by atoms with Crippen LogP contribution in [0.4, 0.5) is 0 Å². The quantitative estimate of drug-likeness (QED) is 0.169. The van der Waals surface area contributed by atoms with Crippen LogP contribution in [0.1, 0.15) is 52.4 Å². The van der Waals surface area contributed by atoms with E-state index in [1.165, 1.54) is 0 Å². The summed E-state index contributed by atoms with van der Waals surface area (Å²) in [6, 6.07) is -4.59. The number of carboxylic acid groups (broad SMARTS) is 1. The predicted molar refractivity (Wildman–Crippen MR) is 116 cm³/mol. The first-order valence-electron chi connectivity index (χ1n) is 10.8. The van der Waals surface area contributed by atoms with Gasteiger partial charge < -0.3 is 37.8 Å². The highest BCUT2D eigenvalue weighted by atomic mass is 16.4. The number of carbonyl (C=O) groups excluding carboxylic acids is 5. The number of hydrogen-bond donors (Lipinski definition) is 6. The largest absolute Gasteiger partial charge is 0.480 e. The van der Waals surface area contributed by atoms with E-state index in [2.05, 4.69) is 10.6 Å². The summed E-state index contributed by atoms with van der Waals surface area (Å²) in [4.78, 5) is 73.4. The molecule has 1 aliphatic rings. The number of rotatable bonds is 13. The SMILES string of the molecule is CCC(C)C(NC(=O)C(N)CC(N)=O)C(=O)NC(CCC(N)=O)C(=O)N1CCCC1C(=O)O. The molecule has 13 nitrogen and oxygen atoms in total. The number of carbonyl (C=O) groups is 6. The van der Waals surface area contributed by atoms with Crippen molar-refractivity contribution in [2.24, 2.45) is 23.1 Å². The van der Waals surface area contributed by atoms with E-state index in [-0.39, 0.29) is 31.7 Å². The molecule has 13 heteroatoms. The molecule has 0 aromatic heterocycles. The Morgan fingerprint density at radius 3 is 2.21 bits per heavy atom. The minimum atomic E-state index is -1.25. The third-order valence-electron chi connectivity index (χ3n) is 5.67. The van der Waals surface area contributed by atoms with Crippen molar-refractivity contribution in [1.29, 1.82) is 0 Å². The molecule has 1 heterocycles. The zero-order valence-electron chi connectivity index (χ0n) is 18.9. The highest BCUT2D eigenvalue weighted by Gasteiger charge is 2.39. The minimum Gasteiger partial charge on any atom is -0.480 e. The van der Waals surface area contributed by atoms with Gasteiger partial charge in [0.1, 0.15) is 18.1 Å². The molecular formula is C20H34N6O7. The van der Waals surface area contributed by atoms with Crippen LogP contribution in [0, 0.1) is 5.92 Å². The van der Waals surface area contributed by atoms with Crippen molar-refractivity contribution in [3.8, 4) is 0 Å². The van der Waals surface area contributed by atoms with Crippen molar-refractivity contribution in [3.05, 3.63) is 0 Å². The van der Waals surface area contributed by atoms with Crippen molar-refractivity contribution in [1.82, 2.24) is 15.5 Å². The van der Waals surface area contributed by atoms with E-state index in [4.69, 9.17) is 17.2 Å². The van der Waals surface area contributed by atoms with Crippen LogP contribution in [-0.2, 0) is 28.8 Å². The average molecular weight is 471 g/mol. The average Bonchev–Trinajstić information content (AvgIpc) is 3.23. The van der Waals surface area contributed by atoms with E-state index in [1.54, 1.807) is 13.8 Å². The van der Waals surface area contributed by atoms with Crippen molar-refractivity contribution < 1.29 is 33.9 Å². The maximum absolute atomic E-state index is 13.1. The molecule has 0 radical (unpaired) electrons. The first-order chi connectivity index (χ1) is 15.4. The number of likely N-dealkylation sites (tertiary alicyclic amines) is 1. The van der Waals surface area contributed by atoms with Gasteiger partial charge in [0, 0.05) is 13.0 Å². The van der Waals surface area contributed by atoms with Crippen LogP contribution < -0.4 is 27.8 Å². The third kappa shape index (κ3) is 8.33. The molecule has 186 valence electrons. The van der Waals surface area contributed by atoms with E-state index in [0.717, 1.165) is 4.90 Å². The van der Waals surface area contributed by atoms with E-state index in [0.29, 0.717) is 12.8 Å². The van der Waals surface area contributed by atoms with Crippen molar-refractivity contribution in [3.63, 3.8) is 0 Å². The number of primary amides is 2. The Hall–Kier alpha value is -3.22. The summed E-state index contributed by atoms with van der Waals surface area (Å²) in [6.07, 6.45) is 0.489. The van der Waals surface area contributed by atoms with Crippen molar-refractivity contribution >= 4 is 35.5 Å². The van der Waals surface area contributed by atoms with Gasteiger partial charge in [0.05, 0.1) is 12.5 Å². The molecule has 5 amide bonds. The Morgan fingerprint density at radius 2 is 1.70 bits per heavy atom. The highest BCUT2D eigenvalue weighted by Crippen LogP contribution is 2.20. The van der Waals surface area contributed by atoms with Gasteiger partial charge in [-0.25, -0.2) is 4.79 Å². The van der Waals surface area contributed by atoms with Gasteiger partial charge in [0.2, 0.25) is 29.5 Å². The number of nitrogens with one attached hydrogen (secondary N) is 2. The molecule has 5 unspecified atom stereocenters. The second kappa shape index (κ2) is 12.7. The summed E-state index contributed by atoms with van der Waals surface area (Å²) in [5.74, 6) is -5.12. The van der Waals surface area contributed by atoms with Gasteiger partial charge in [-0.3, -0.25) is 24.0 Å². The molecule has 1 fully saturated rings. The molecular weight excluding hydrogens is 436 g/mol. The van der Waals surface area contributed by atoms with Crippen LogP contribution in [0.3, 0.4) is 0 Å². The summed E-state index contributed by atoms with van der Waals surface area (Å²) in [6.45, 7) is 3.69. The Labute approximate surface area is 191 Å². The Morgan fingerprint density at radius 1 is 1.06 bits per heavy atom. The van der Waals surface area contributed by atoms with E-state index >= 15 is 0 Å². The zero-order valence-corrected chi connectivity index (χ0v) is 18.9. The third-order valence-corrected chi connectivity index (χ3v) is 5.67. The normalized spacial score (nSPS) is 19.1. The van der Waals surface area contributed by atoms with Crippen LogP contribution in [0.2, 0.25) is 0 Å². The van der Waals surface area contributed by atoms with Crippen LogP contribution in [0.5, 0.6) is 0 Å². The fourth-order valence-corrected chi connectivity index (χ4v) is 3.56. The smallest absolute Gasteiger partial charge is 0.326 e. The van der Waals surface area contributed by atoms with Gasteiger partial charge in [-0.1, -0.05) is 20.3 Å². The molecule has 1 aliphatic heterocycles. The minimum absolute atomic E-state index is 0.134. The van der Waals surface area contributed by atoms with E-state index < -0.39 is 66.1 Å². The molecule has 0 aromatic carbocycles. The maximum Gasteiger partial charge on any atom is 0.326 e. The summed E-state index contributed by atoms with van der Waals surface area (Å²) in [7, 11) is 0. The topological polar surface area (TPSA) is 228 Å². The molecule has 0 bridgehead atoms. The van der Waals surface area contributed by atoms with Gasteiger partial charge in [-0.15, -0.1) is 0 Å². The van der Waals surface area contributed by atoms with E-state index in [9.17, 15) is 33.9 Å². The number of aliphatic carboxylic acids is 1. The molecule has 1 saturated heterocycles. The van der Waals surface area contributed by atoms with Crippen LogP contribution in [0.15, 0.2) is 0 Å². The van der Waals surface area contributed by atoms with Gasteiger partial charge in [0.25, 0.3) is 0 Å². The molecule has 1 rings (SSSR count). The second-order valence-corrected chi connectivity index (χ2v) is 8.24. The summed E-state index contributed by atoms with van der Waals surface area (Å²) in [5, 5.41) is 14.4. The zero-order chi connectivity index (χ0) is 25.3. The first-order valence-corrected chi connectivity index (χ1v) is 10.8. The second-order valence-electron chi connectivity index (χ2n) is 8.24. The Kier molecular flexibility index (Phi) is 10.7. The lowest BCUT2D eigenvalue weighted by Gasteiger charge is -2.30. The maximum atomic E-state index is 13.1. The number of carboxylic acids is 1. The molecule has 9 N–H and O–H groups in total. The number of amides is 5. The van der Waals surface area contributed by atoms with Crippen LogP contribution in [-0.4, -0.2) is 76.2 Å². The van der Waals surface area contributed by atoms with Crippen LogP contribution >= 0.6 is 0 Å². The van der Waals surface area contributed by atoms with Crippen molar-refractivity contribution in [2.75, 3.05) is 6.54 Å². The summed E-state index contributed by atoms with van der Waals surface area (Å²) in [5.41, 5.74) is 15.9. The number of nitrogens with two attached hydrogens (primary N) is 3. The fraction of sp³-hybridized carbons (Fsp3) is 0.700. The fourth-order valence-electron chi connectivity index (χ4n) is 3.56. The first kappa shape index (κ1) is 27.8. The number of hydrogen-bond acceptors (Lipinski definition) is 7. The molecule has 33 heavy (non-hydrogen) atoms. The molecule has 0 saturated carbocycles. The van der Waals surface area contributed by atoms with Gasteiger partial charge >= 0.3 is 5.97 Å². The highest BCUT2D eigenvalue weighted by molar-refractivity contribution is 5.95. The van der Waals surface area contributed by atoms with Gasteiger partial charge in [-0.2, -0.15) is 0 Å². The molecule has 5 atom stereocenters. The van der Waals surface area contributed by atoms with Crippen LogP contribution in [0.25, 0.3) is 0 Å². The molecule has 0 aliphatic carbocycles. The Bertz CT molecular complexity index is 774. The standard InChI is InChI=1S/C20H34N6O7/c1-3-10(2)16(25-17(29)11(21)9-15(23)28)18(30)24-12(6-7-14(22)27)19(31)26-8-4-5-13(26)20(32)33/h10-13,16H,3-9,21H2,1-2H3,(H2,22,27)(H2,23,28)(H,24,30)(H,25,29)(H,32,33). The number of nitrogens with zero attached hydrogens (tertiary/aromatic N) is 1. The monoisotopic (exact) mass is 470 g/mol. The van der Waals surface area contributed by atoms with E-state index in [1.807, 2.05) is 0 Å². The van der Waals surface area contributed by atoms with Gasteiger partial charge in [-0.05, 0) is 25.2 Å². The lowest BCUT2D eigenvalue weighted by atomic mass is 9.97. The lowest BCUT2D eigenvalue weighted by Crippen LogP contribution is -2.59. The van der Waals surface area contributed by atoms with Crippen molar-refractivity contribution in [2.45, 2.75) is 76.5 Å². The predicted octanol–water partition coefficient (Wildman–Crippen LogP) is -2.45. The summed E-state index contributed by atoms with van der Waals surface area (Å²) >= 11 is 0. The Balaban J connectivity index is 3.05. The molecule has 0 spiro atoms. The molecule has 0 aromatic rings. The summed E-state index contributed by atoms with van der Waals surface area (Å²) < 4.78 is 0.